The Hall–Kier alpha value is -0.170. The van der Waals surface area contributed by atoms with Crippen LogP contribution < -0.4 is 0 Å². The van der Waals surface area contributed by atoms with E-state index in [1.54, 1.807) is 4.31 Å². The van der Waals surface area contributed by atoms with Gasteiger partial charge in [-0.25, -0.2) is 12.7 Å². The van der Waals surface area contributed by atoms with Crippen LogP contribution in [0.4, 0.5) is 0 Å². The molecule has 0 aromatic rings. The molecule has 20 heavy (non-hydrogen) atoms. The maximum Gasteiger partial charge on any atom is 0.217 e. The lowest BCUT2D eigenvalue weighted by atomic mass is 9.72. The topological polar surface area (TPSA) is 49.9 Å². The molecule has 6 heteroatoms. The van der Waals surface area contributed by atoms with Crippen LogP contribution in [0.15, 0.2) is 0 Å². The maximum atomic E-state index is 12.5. The van der Waals surface area contributed by atoms with E-state index in [2.05, 4.69) is 19.0 Å². The van der Waals surface area contributed by atoms with Crippen molar-refractivity contribution < 1.29 is 13.2 Å². The van der Waals surface area contributed by atoms with E-state index < -0.39 is 10.0 Å². The van der Waals surface area contributed by atoms with E-state index in [0.29, 0.717) is 19.0 Å². The molecule has 3 aliphatic rings. The predicted octanol–water partition coefficient (Wildman–Crippen LogP) is 0.769. The number of hydrogen-bond donors (Lipinski definition) is 0. The second-order valence-corrected chi connectivity index (χ2v) is 9.18. The molecule has 2 aliphatic heterocycles. The zero-order chi connectivity index (χ0) is 14.4. The molecule has 1 saturated carbocycles. The van der Waals surface area contributed by atoms with Gasteiger partial charge in [-0.05, 0) is 51.1 Å². The predicted molar refractivity (Wildman–Crippen MR) is 78.0 cm³/mol. The monoisotopic (exact) mass is 302 g/mol. The average Bonchev–Trinajstić information content (AvgIpc) is 3.18. The lowest BCUT2D eigenvalue weighted by Gasteiger charge is -2.39. The van der Waals surface area contributed by atoms with Gasteiger partial charge in [-0.3, -0.25) is 0 Å². The van der Waals surface area contributed by atoms with Crippen molar-refractivity contribution in [1.82, 2.24) is 9.21 Å². The van der Waals surface area contributed by atoms with Crippen LogP contribution in [-0.4, -0.2) is 69.8 Å². The van der Waals surface area contributed by atoms with Gasteiger partial charge in [0.25, 0.3) is 0 Å². The Balaban J connectivity index is 1.80. The van der Waals surface area contributed by atoms with E-state index in [1.165, 1.54) is 0 Å². The van der Waals surface area contributed by atoms with Crippen LogP contribution in [0.3, 0.4) is 0 Å². The summed E-state index contributed by atoms with van der Waals surface area (Å²) < 4.78 is 32.4. The normalized spacial score (nSPS) is 31.2. The second-order valence-electron chi connectivity index (χ2n) is 6.97. The van der Waals surface area contributed by atoms with Gasteiger partial charge in [0.2, 0.25) is 10.0 Å². The minimum Gasteiger partial charge on any atom is -0.381 e. The summed E-state index contributed by atoms with van der Waals surface area (Å²) in [4.78, 5) is 2.19. The largest absolute Gasteiger partial charge is 0.381 e. The van der Waals surface area contributed by atoms with Crippen molar-refractivity contribution >= 4 is 10.0 Å². The number of rotatable bonds is 4. The molecule has 0 radical (unpaired) electrons. The van der Waals surface area contributed by atoms with Crippen molar-refractivity contribution in [3.05, 3.63) is 0 Å². The average molecular weight is 302 g/mol. The van der Waals surface area contributed by atoms with Gasteiger partial charge in [0.05, 0.1) is 5.25 Å². The summed E-state index contributed by atoms with van der Waals surface area (Å²) in [6.07, 6.45) is 3.71. The van der Waals surface area contributed by atoms with E-state index >= 15 is 0 Å². The standard InChI is InChI=1S/C14H26N2O3S/c1-15(2)9-12-10-16(20(17,18)13-3-4-13)11-14(12)5-7-19-8-6-14/h12-13H,3-11H2,1-2H3. The summed E-state index contributed by atoms with van der Waals surface area (Å²) in [7, 11) is 1.11. The Kier molecular flexibility index (Phi) is 3.86. The molecule has 1 spiro atoms. The molecule has 0 amide bonds. The van der Waals surface area contributed by atoms with Gasteiger partial charge in [-0.15, -0.1) is 0 Å². The van der Waals surface area contributed by atoms with Crippen molar-refractivity contribution in [1.29, 1.82) is 0 Å². The molecule has 2 heterocycles. The molecule has 0 aromatic heterocycles. The number of ether oxygens (including phenoxy) is 1. The summed E-state index contributed by atoms with van der Waals surface area (Å²) in [6, 6.07) is 0. The van der Waals surface area contributed by atoms with Crippen molar-refractivity contribution in [2.45, 2.75) is 30.9 Å². The molecular formula is C14H26N2O3S. The first-order chi connectivity index (χ1) is 9.44. The Labute approximate surface area is 122 Å². The van der Waals surface area contributed by atoms with Crippen LogP contribution in [0.5, 0.6) is 0 Å². The third-order valence-corrected chi connectivity index (χ3v) is 7.47. The van der Waals surface area contributed by atoms with Gasteiger partial charge >= 0.3 is 0 Å². The quantitative estimate of drug-likeness (QED) is 0.770. The first-order valence-corrected chi connectivity index (χ1v) is 9.16. The molecule has 5 nitrogen and oxygen atoms in total. The molecule has 0 N–H and O–H groups in total. The van der Waals surface area contributed by atoms with Gasteiger partial charge in [0.15, 0.2) is 0 Å². The van der Waals surface area contributed by atoms with E-state index in [0.717, 1.165) is 45.4 Å². The van der Waals surface area contributed by atoms with E-state index in [1.807, 2.05) is 0 Å². The highest BCUT2D eigenvalue weighted by atomic mass is 32.2. The van der Waals surface area contributed by atoms with Crippen LogP contribution in [0.1, 0.15) is 25.7 Å². The number of nitrogens with zero attached hydrogens (tertiary/aromatic N) is 2. The van der Waals surface area contributed by atoms with Gasteiger partial charge in [-0.2, -0.15) is 0 Å². The van der Waals surface area contributed by atoms with E-state index in [-0.39, 0.29) is 10.7 Å². The first kappa shape index (κ1) is 14.8. The molecule has 1 unspecified atom stereocenters. The first-order valence-electron chi connectivity index (χ1n) is 7.65. The van der Waals surface area contributed by atoms with Crippen molar-refractivity contribution in [2.24, 2.45) is 11.3 Å². The van der Waals surface area contributed by atoms with Crippen LogP contribution in [0, 0.1) is 11.3 Å². The molecule has 3 rings (SSSR count). The summed E-state index contributed by atoms with van der Waals surface area (Å²) in [5.74, 6) is 0.440. The van der Waals surface area contributed by atoms with Crippen LogP contribution >= 0.6 is 0 Å². The van der Waals surface area contributed by atoms with Gasteiger partial charge in [0, 0.05) is 32.8 Å². The smallest absolute Gasteiger partial charge is 0.217 e. The summed E-state index contributed by atoms with van der Waals surface area (Å²) in [5.41, 5.74) is 0.143. The van der Waals surface area contributed by atoms with E-state index in [9.17, 15) is 8.42 Å². The minimum absolute atomic E-state index is 0.0857. The van der Waals surface area contributed by atoms with Gasteiger partial charge < -0.3 is 9.64 Å². The molecular weight excluding hydrogens is 276 g/mol. The fraction of sp³-hybridized carbons (Fsp3) is 1.00. The van der Waals surface area contributed by atoms with Gasteiger partial charge in [0.1, 0.15) is 0 Å². The molecule has 0 bridgehead atoms. The minimum atomic E-state index is -3.04. The van der Waals surface area contributed by atoms with E-state index in [4.69, 9.17) is 4.74 Å². The SMILES string of the molecule is CN(C)CC1CN(S(=O)(=O)C2CC2)CC12CCOCC2. The molecule has 2 saturated heterocycles. The third-order valence-electron chi connectivity index (χ3n) is 5.16. The molecule has 3 fully saturated rings. The Morgan fingerprint density at radius 3 is 2.45 bits per heavy atom. The molecule has 1 atom stereocenters. The highest BCUT2D eigenvalue weighted by molar-refractivity contribution is 7.90. The zero-order valence-electron chi connectivity index (χ0n) is 12.5. The van der Waals surface area contributed by atoms with Crippen LogP contribution in [0.25, 0.3) is 0 Å². The third kappa shape index (κ3) is 2.63. The van der Waals surface area contributed by atoms with Crippen LogP contribution in [-0.2, 0) is 14.8 Å². The summed E-state index contributed by atoms with van der Waals surface area (Å²) in [5, 5.41) is -0.0857. The highest BCUT2D eigenvalue weighted by Crippen LogP contribution is 2.47. The maximum absolute atomic E-state index is 12.5. The lowest BCUT2D eigenvalue weighted by molar-refractivity contribution is -0.00333. The highest BCUT2D eigenvalue weighted by Gasteiger charge is 2.52. The van der Waals surface area contributed by atoms with Crippen molar-refractivity contribution in [2.75, 3.05) is 46.9 Å². The molecule has 116 valence electrons. The zero-order valence-corrected chi connectivity index (χ0v) is 13.4. The Morgan fingerprint density at radius 1 is 1.25 bits per heavy atom. The lowest BCUT2D eigenvalue weighted by Crippen LogP contribution is -2.41. The second kappa shape index (κ2) is 5.23. The van der Waals surface area contributed by atoms with Gasteiger partial charge in [-0.1, -0.05) is 0 Å². The Bertz CT molecular complexity index is 453. The Morgan fingerprint density at radius 2 is 1.90 bits per heavy atom. The number of hydrogen-bond acceptors (Lipinski definition) is 4. The van der Waals surface area contributed by atoms with Crippen molar-refractivity contribution in [3.63, 3.8) is 0 Å². The van der Waals surface area contributed by atoms with Crippen molar-refractivity contribution in [3.8, 4) is 0 Å². The molecule has 1 aliphatic carbocycles. The summed E-state index contributed by atoms with van der Waals surface area (Å²) >= 11 is 0. The fourth-order valence-corrected chi connectivity index (χ4v) is 5.77. The molecule has 0 aromatic carbocycles. The number of sulfonamides is 1. The van der Waals surface area contributed by atoms with Crippen LogP contribution in [0.2, 0.25) is 0 Å². The fourth-order valence-electron chi connectivity index (χ4n) is 3.79. The summed E-state index contributed by atoms with van der Waals surface area (Å²) in [6.45, 7) is 3.95.